The standard InChI is InChI=1S/C11H7NO4/c13-10(7-4-2-1-3-5-7)8-6-16-12-9(8)11(14)15/h1-6H,(H,14,15). The van der Waals surface area contributed by atoms with Crippen molar-refractivity contribution in [3.8, 4) is 0 Å². The van der Waals surface area contributed by atoms with Crippen molar-refractivity contribution in [3.63, 3.8) is 0 Å². The van der Waals surface area contributed by atoms with Crippen molar-refractivity contribution in [1.29, 1.82) is 0 Å². The van der Waals surface area contributed by atoms with Crippen molar-refractivity contribution in [2.24, 2.45) is 0 Å². The Hall–Kier alpha value is -2.43. The van der Waals surface area contributed by atoms with E-state index in [1.807, 2.05) is 0 Å². The molecule has 1 N–H and O–H groups in total. The molecule has 5 heteroatoms. The second-order valence-electron chi connectivity index (χ2n) is 3.08. The third-order valence-electron chi connectivity index (χ3n) is 2.05. The van der Waals surface area contributed by atoms with E-state index in [-0.39, 0.29) is 11.3 Å². The highest BCUT2D eigenvalue weighted by Gasteiger charge is 2.21. The quantitative estimate of drug-likeness (QED) is 0.790. The molecule has 0 aliphatic carbocycles. The summed E-state index contributed by atoms with van der Waals surface area (Å²) in [5.41, 5.74) is -0.0132. The Morgan fingerprint density at radius 3 is 2.50 bits per heavy atom. The van der Waals surface area contributed by atoms with Crippen LogP contribution in [-0.2, 0) is 0 Å². The van der Waals surface area contributed by atoms with E-state index in [4.69, 9.17) is 5.11 Å². The number of carboxylic acid groups (broad SMARTS) is 1. The van der Waals surface area contributed by atoms with E-state index < -0.39 is 11.8 Å². The molecule has 80 valence electrons. The number of carbonyl (C=O) groups excluding carboxylic acids is 1. The van der Waals surface area contributed by atoms with Gasteiger partial charge in [-0.1, -0.05) is 35.5 Å². The number of nitrogens with zero attached hydrogens (tertiary/aromatic N) is 1. The topological polar surface area (TPSA) is 80.4 Å². The Kier molecular flexibility index (Phi) is 2.51. The number of ketones is 1. The maximum Gasteiger partial charge on any atom is 0.358 e. The van der Waals surface area contributed by atoms with E-state index in [2.05, 4.69) is 9.68 Å². The second kappa shape index (κ2) is 3.98. The summed E-state index contributed by atoms with van der Waals surface area (Å²) in [7, 11) is 0. The van der Waals surface area contributed by atoms with E-state index in [0.29, 0.717) is 5.56 Å². The highest BCUT2D eigenvalue weighted by molar-refractivity contribution is 6.13. The molecule has 1 heterocycles. The smallest absolute Gasteiger partial charge is 0.358 e. The van der Waals surface area contributed by atoms with E-state index >= 15 is 0 Å². The first-order valence-electron chi connectivity index (χ1n) is 4.47. The Bertz CT molecular complexity index is 530. The van der Waals surface area contributed by atoms with Gasteiger partial charge in [0.2, 0.25) is 5.69 Å². The molecule has 0 aliphatic heterocycles. The summed E-state index contributed by atoms with van der Waals surface area (Å²) in [6.45, 7) is 0. The van der Waals surface area contributed by atoms with Crippen LogP contribution in [0.25, 0.3) is 0 Å². The van der Waals surface area contributed by atoms with Crippen LogP contribution in [-0.4, -0.2) is 22.0 Å². The minimum absolute atomic E-state index is 0.0429. The molecular formula is C11H7NO4. The van der Waals surface area contributed by atoms with Crippen molar-refractivity contribution in [2.75, 3.05) is 0 Å². The third kappa shape index (κ3) is 1.70. The number of carbonyl (C=O) groups is 2. The average molecular weight is 217 g/mol. The largest absolute Gasteiger partial charge is 0.476 e. The van der Waals surface area contributed by atoms with Gasteiger partial charge < -0.3 is 9.63 Å². The van der Waals surface area contributed by atoms with Crippen LogP contribution in [0.2, 0.25) is 0 Å². The summed E-state index contributed by atoms with van der Waals surface area (Å²) in [6.07, 6.45) is 1.04. The van der Waals surface area contributed by atoms with E-state index in [9.17, 15) is 9.59 Å². The molecule has 0 aliphatic rings. The lowest BCUT2D eigenvalue weighted by Gasteiger charge is -1.97. The van der Waals surface area contributed by atoms with Gasteiger partial charge in [0.25, 0.3) is 0 Å². The lowest BCUT2D eigenvalue weighted by Crippen LogP contribution is -2.07. The molecule has 2 aromatic rings. The summed E-state index contributed by atoms with van der Waals surface area (Å²) < 4.78 is 4.50. The summed E-state index contributed by atoms with van der Waals surface area (Å²) in [6, 6.07) is 8.35. The first-order valence-corrected chi connectivity index (χ1v) is 4.47. The van der Waals surface area contributed by atoms with Gasteiger partial charge in [0.05, 0.1) is 5.56 Å². The Balaban J connectivity index is 2.42. The molecule has 0 spiro atoms. The fourth-order valence-corrected chi connectivity index (χ4v) is 1.30. The van der Waals surface area contributed by atoms with Crippen molar-refractivity contribution in [2.45, 2.75) is 0 Å². The molecule has 16 heavy (non-hydrogen) atoms. The predicted molar refractivity (Wildman–Crippen MR) is 53.3 cm³/mol. The van der Waals surface area contributed by atoms with Gasteiger partial charge in [0, 0.05) is 5.56 Å². The number of hydrogen-bond acceptors (Lipinski definition) is 4. The van der Waals surface area contributed by atoms with E-state index in [1.165, 1.54) is 0 Å². The SMILES string of the molecule is O=C(c1ccccc1)c1conc1C(=O)O. The zero-order valence-electron chi connectivity index (χ0n) is 8.08. The molecule has 2 rings (SSSR count). The van der Waals surface area contributed by atoms with Crippen LogP contribution in [0.3, 0.4) is 0 Å². The Morgan fingerprint density at radius 1 is 1.19 bits per heavy atom. The van der Waals surface area contributed by atoms with Crippen LogP contribution < -0.4 is 0 Å². The van der Waals surface area contributed by atoms with Gasteiger partial charge >= 0.3 is 5.97 Å². The maximum atomic E-state index is 11.9. The molecule has 1 aromatic carbocycles. The van der Waals surface area contributed by atoms with Crippen LogP contribution in [0.1, 0.15) is 26.4 Å². The highest BCUT2D eigenvalue weighted by Crippen LogP contribution is 2.13. The first kappa shape index (κ1) is 10.1. The van der Waals surface area contributed by atoms with Crippen molar-refractivity contribution < 1.29 is 19.2 Å². The van der Waals surface area contributed by atoms with Crippen LogP contribution in [0.5, 0.6) is 0 Å². The molecule has 0 atom stereocenters. The molecule has 0 bridgehead atoms. The minimum atomic E-state index is -1.28. The van der Waals surface area contributed by atoms with Crippen molar-refractivity contribution >= 4 is 11.8 Å². The molecule has 0 fully saturated rings. The summed E-state index contributed by atoms with van der Waals surface area (Å²) in [4.78, 5) is 22.6. The highest BCUT2D eigenvalue weighted by atomic mass is 16.5. The van der Waals surface area contributed by atoms with E-state index in [0.717, 1.165) is 6.26 Å². The number of aromatic carboxylic acids is 1. The van der Waals surface area contributed by atoms with Gasteiger partial charge in [-0.3, -0.25) is 4.79 Å². The zero-order chi connectivity index (χ0) is 11.5. The minimum Gasteiger partial charge on any atom is -0.476 e. The lowest BCUT2D eigenvalue weighted by molar-refractivity contribution is 0.0682. The van der Waals surface area contributed by atoms with Crippen molar-refractivity contribution in [1.82, 2.24) is 5.16 Å². The van der Waals surface area contributed by atoms with Gasteiger partial charge in [-0.2, -0.15) is 0 Å². The molecule has 0 radical (unpaired) electrons. The molecular weight excluding hydrogens is 210 g/mol. The van der Waals surface area contributed by atoms with Crippen LogP contribution in [0.15, 0.2) is 41.1 Å². The van der Waals surface area contributed by atoms with Crippen LogP contribution in [0.4, 0.5) is 0 Å². The number of hydrogen-bond donors (Lipinski definition) is 1. The number of benzene rings is 1. The number of carboxylic acids is 1. The molecule has 0 saturated heterocycles. The third-order valence-corrected chi connectivity index (χ3v) is 2.05. The summed E-state index contributed by atoms with van der Waals surface area (Å²) >= 11 is 0. The van der Waals surface area contributed by atoms with Crippen LogP contribution in [0, 0.1) is 0 Å². The normalized spacial score (nSPS) is 10.0. The Morgan fingerprint density at radius 2 is 1.88 bits per heavy atom. The van der Waals surface area contributed by atoms with Gasteiger partial charge in [-0.25, -0.2) is 4.79 Å². The molecule has 1 aromatic heterocycles. The molecule has 0 unspecified atom stereocenters. The fourth-order valence-electron chi connectivity index (χ4n) is 1.30. The summed E-state index contributed by atoms with van der Waals surface area (Å²) in [5.74, 6) is -1.70. The molecule has 0 amide bonds. The first-order chi connectivity index (χ1) is 7.70. The number of aromatic nitrogens is 1. The van der Waals surface area contributed by atoms with Crippen molar-refractivity contribution in [3.05, 3.63) is 53.4 Å². The van der Waals surface area contributed by atoms with Gasteiger partial charge in [0.15, 0.2) is 5.78 Å². The number of rotatable bonds is 3. The molecule has 0 saturated carbocycles. The lowest BCUT2D eigenvalue weighted by atomic mass is 10.0. The van der Waals surface area contributed by atoms with Gasteiger partial charge in [-0.15, -0.1) is 0 Å². The monoisotopic (exact) mass is 217 g/mol. The predicted octanol–water partition coefficient (Wildman–Crippen LogP) is 1.60. The second-order valence-corrected chi connectivity index (χ2v) is 3.08. The van der Waals surface area contributed by atoms with Crippen LogP contribution >= 0.6 is 0 Å². The zero-order valence-corrected chi connectivity index (χ0v) is 8.08. The van der Waals surface area contributed by atoms with Gasteiger partial charge in [-0.05, 0) is 0 Å². The molecule has 5 nitrogen and oxygen atoms in total. The average Bonchev–Trinajstić information content (AvgIpc) is 2.78. The van der Waals surface area contributed by atoms with E-state index in [1.54, 1.807) is 30.3 Å². The summed E-state index contributed by atoms with van der Waals surface area (Å²) in [5, 5.41) is 12.0. The maximum absolute atomic E-state index is 11.9. The fraction of sp³-hybridized carbons (Fsp3) is 0. The van der Waals surface area contributed by atoms with Gasteiger partial charge in [0.1, 0.15) is 6.26 Å². The Labute approximate surface area is 90.3 Å².